The average molecular weight is 574 g/mol. The van der Waals surface area contributed by atoms with E-state index in [0.29, 0.717) is 29.4 Å². The maximum Gasteiger partial charge on any atom is 0.277 e. The van der Waals surface area contributed by atoms with Crippen LogP contribution in [0.3, 0.4) is 0 Å². The lowest BCUT2D eigenvalue weighted by atomic mass is 10.1. The summed E-state index contributed by atoms with van der Waals surface area (Å²) in [7, 11) is 0. The van der Waals surface area contributed by atoms with E-state index in [1.54, 1.807) is 23.2 Å². The third-order valence-electron chi connectivity index (χ3n) is 6.89. The molecule has 1 atom stereocenters. The number of hydrogen-bond acceptors (Lipinski definition) is 6. The lowest BCUT2D eigenvalue weighted by Gasteiger charge is -2.20. The van der Waals surface area contributed by atoms with Crippen LogP contribution in [0.1, 0.15) is 66.5 Å². The molecule has 0 saturated carbocycles. The van der Waals surface area contributed by atoms with Gasteiger partial charge in [-0.15, -0.1) is 0 Å². The van der Waals surface area contributed by atoms with Crippen molar-refractivity contribution in [2.75, 3.05) is 6.54 Å². The zero-order valence-electron chi connectivity index (χ0n) is 23.6. The molecule has 2 heterocycles. The number of thioether (sulfide) groups is 1. The zero-order valence-corrected chi connectivity index (χ0v) is 24.4. The minimum absolute atomic E-state index is 0.118. The first-order valence-electron chi connectivity index (χ1n) is 14.0. The van der Waals surface area contributed by atoms with Crippen molar-refractivity contribution in [2.45, 2.75) is 69.3 Å². The second-order valence-corrected chi connectivity index (χ2v) is 11.2. The molecule has 0 bridgehead atoms. The van der Waals surface area contributed by atoms with Gasteiger partial charge in [0, 0.05) is 42.9 Å². The maximum absolute atomic E-state index is 13.2. The van der Waals surface area contributed by atoms with Gasteiger partial charge in [0.2, 0.25) is 5.91 Å². The lowest BCUT2D eigenvalue weighted by Crippen LogP contribution is -2.33. The predicted molar refractivity (Wildman–Crippen MR) is 160 cm³/mol. The van der Waals surface area contributed by atoms with Gasteiger partial charge in [0.25, 0.3) is 5.56 Å². The zero-order chi connectivity index (χ0) is 29.0. The molecule has 4 rings (SSSR count). The summed E-state index contributed by atoms with van der Waals surface area (Å²) in [4.78, 5) is 38.6. The molecular weight excluding hydrogens is 537 g/mol. The van der Waals surface area contributed by atoms with Gasteiger partial charge in [-0.25, -0.2) is 14.4 Å². The monoisotopic (exact) mass is 573 g/mol. The van der Waals surface area contributed by atoms with Gasteiger partial charge < -0.3 is 9.88 Å². The molecule has 4 aromatic rings. The number of benzene rings is 2. The molecule has 214 valence electrons. The summed E-state index contributed by atoms with van der Waals surface area (Å²) in [5.41, 5.74) is 4.41. The number of rotatable bonds is 14. The Labute approximate surface area is 244 Å². The Morgan fingerprint density at radius 3 is 2.37 bits per heavy atom. The molecular formula is C32H36FN5O2S. The first-order chi connectivity index (χ1) is 19.9. The summed E-state index contributed by atoms with van der Waals surface area (Å²) >= 11 is 1.44. The highest BCUT2D eigenvalue weighted by Gasteiger charge is 2.20. The minimum Gasteiger partial charge on any atom is -0.354 e. The van der Waals surface area contributed by atoms with Crippen LogP contribution in [0.25, 0.3) is 0 Å². The summed E-state index contributed by atoms with van der Waals surface area (Å²) in [6.45, 7) is 4.45. The number of nitrogens with zero attached hydrogens (tertiary/aromatic N) is 4. The van der Waals surface area contributed by atoms with Crippen LogP contribution >= 0.6 is 11.8 Å². The summed E-state index contributed by atoms with van der Waals surface area (Å²) in [6.07, 6.45) is 11.7. The molecule has 1 amide bonds. The van der Waals surface area contributed by atoms with E-state index in [2.05, 4.69) is 44.5 Å². The summed E-state index contributed by atoms with van der Waals surface area (Å²) < 4.78 is 14.9. The topological polar surface area (TPSA) is 89.8 Å². The van der Waals surface area contributed by atoms with Crippen molar-refractivity contribution in [1.82, 2.24) is 24.8 Å². The van der Waals surface area contributed by atoms with Gasteiger partial charge in [-0.1, -0.05) is 66.6 Å². The Morgan fingerprint density at radius 1 is 0.951 bits per heavy atom. The smallest absolute Gasteiger partial charge is 0.277 e. The van der Waals surface area contributed by atoms with Gasteiger partial charge in [0.05, 0.1) is 0 Å². The molecule has 2 aromatic carbocycles. The molecule has 2 aromatic heterocycles. The number of hydrogen-bond donors (Lipinski definition) is 1. The average Bonchev–Trinajstić information content (AvgIpc) is 2.98. The van der Waals surface area contributed by atoms with E-state index in [-0.39, 0.29) is 17.3 Å². The number of aromatic nitrogens is 4. The first kappa shape index (κ1) is 30.1. The highest BCUT2D eigenvalue weighted by atomic mass is 32.2. The molecule has 0 saturated heterocycles. The van der Waals surface area contributed by atoms with E-state index in [4.69, 9.17) is 0 Å². The summed E-state index contributed by atoms with van der Waals surface area (Å²) in [5.74, 6) is 0.300. The minimum atomic E-state index is -0.548. The van der Waals surface area contributed by atoms with E-state index in [1.165, 1.54) is 35.8 Å². The Balaban J connectivity index is 1.36. The molecule has 9 heteroatoms. The van der Waals surface area contributed by atoms with Crippen molar-refractivity contribution >= 4 is 17.7 Å². The van der Waals surface area contributed by atoms with Crippen LogP contribution < -0.4 is 10.9 Å². The van der Waals surface area contributed by atoms with Crippen LogP contribution in [-0.2, 0) is 23.4 Å². The highest BCUT2D eigenvalue weighted by molar-refractivity contribution is 7.98. The van der Waals surface area contributed by atoms with Crippen LogP contribution in [0.4, 0.5) is 4.39 Å². The number of amides is 1. The summed E-state index contributed by atoms with van der Waals surface area (Å²) in [5, 5.41) is 3.56. The normalized spacial score (nSPS) is 11.8. The van der Waals surface area contributed by atoms with Crippen molar-refractivity contribution < 1.29 is 9.18 Å². The van der Waals surface area contributed by atoms with Crippen LogP contribution in [0, 0.1) is 12.7 Å². The number of carbonyl (C=O) groups is 1. The molecule has 0 fully saturated rings. The van der Waals surface area contributed by atoms with E-state index >= 15 is 0 Å². The molecule has 0 aliphatic carbocycles. The van der Waals surface area contributed by atoms with Crippen LogP contribution in [0.5, 0.6) is 0 Å². The fourth-order valence-electron chi connectivity index (χ4n) is 4.42. The number of carbonyl (C=O) groups excluding carboxylic acids is 1. The Morgan fingerprint density at radius 2 is 1.63 bits per heavy atom. The van der Waals surface area contributed by atoms with Crippen LogP contribution in [0.15, 0.2) is 83.4 Å². The lowest BCUT2D eigenvalue weighted by molar-refractivity contribution is -0.124. The molecule has 0 unspecified atom stereocenters. The molecule has 7 nitrogen and oxygen atoms in total. The largest absolute Gasteiger partial charge is 0.354 e. The Kier molecular flexibility index (Phi) is 11.2. The quantitative estimate of drug-likeness (QED) is 0.116. The third kappa shape index (κ3) is 9.35. The Bertz CT molecular complexity index is 1460. The molecule has 0 aliphatic heterocycles. The second kappa shape index (κ2) is 15.2. The summed E-state index contributed by atoms with van der Waals surface area (Å²) in [6, 6.07) is 14.3. The highest BCUT2D eigenvalue weighted by Crippen LogP contribution is 2.24. The molecule has 1 N–H and O–H groups in total. The van der Waals surface area contributed by atoms with Crippen molar-refractivity contribution in [1.29, 1.82) is 0 Å². The van der Waals surface area contributed by atoms with Crippen molar-refractivity contribution in [3.8, 4) is 0 Å². The van der Waals surface area contributed by atoms with Crippen molar-refractivity contribution in [2.24, 2.45) is 0 Å². The molecule has 0 spiro atoms. The van der Waals surface area contributed by atoms with Gasteiger partial charge in [-0.05, 0) is 61.9 Å². The maximum atomic E-state index is 13.2. The van der Waals surface area contributed by atoms with Crippen LogP contribution in [0.2, 0.25) is 0 Å². The van der Waals surface area contributed by atoms with Crippen molar-refractivity contribution in [3.05, 3.63) is 117 Å². The van der Waals surface area contributed by atoms with Gasteiger partial charge in [-0.3, -0.25) is 9.59 Å². The van der Waals surface area contributed by atoms with Crippen molar-refractivity contribution in [3.63, 3.8) is 0 Å². The number of unbranched alkanes of at least 4 members (excludes halogenated alkanes) is 3. The van der Waals surface area contributed by atoms with Gasteiger partial charge in [-0.2, -0.15) is 4.98 Å². The fourth-order valence-corrected chi connectivity index (χ4v) is 5.41. The standard InChI is InChI=1S/C32H36FN5O2S/c1-23-8-10-26(11-9-23)21-41-32-37-31(40)28(17-27-18-34-22-35-19-27)20-38(32)24(2)30(39)36-16-6-4-3-5-7-25-12-14-29(33)15-13-25/h8-15,18-20,22,24H,3-7,16-17,21H2,1-2H3,(H,36,39)/t24-/m1/s1. The number of halogens is 1. The van der Waals surface area contributed by atoms with Crippen LogP contribution in [-0.4, -0.2) is 32.0 Å². The number of nitrogens with one attached hydrogen (secondary N) is 1. The van der Waals surface area contributed by atoms with Gasteiger partial charge in [0.1, 0.15) is 18.2 Å². The predicted octanol–water partition coefficient (Wildman–Crippen LogP) is 5.84. The van der Waals surface area contributed by atoms with Gasteiger partial charge in [0.15, 0.2) is 5.16 Å². The first-order valence-corrected chi connectivity index (χ1v) is 14.9. The third-order valence-corrected chi connectivity index (χ3v) is 7.92. The van der Waals surface area contributed by atoms with E-state index in [9.17, 15) is 14.0 Å². The van der Waals surface area contributed by atoms with E-state index < -0.39 is 6.04 Å². The molecule has 0 aliphatic rings. The van der Waals surface area contributed by atoms with E-state index in [1.807, 2.05) is 26.0 Å². The number of aryl methyl sites for hydroxylation is 2. The van der Waals surface area contributed by atoms with E-state index in [0.717, 1.165) is 48.8 Å². The molecule has 41 heavy (non-hydrogen) atoms. The SMILES string of the molecule is Cc1ccc(CSc2nc(=O)c(Cc3cncnc3)cn2[C@H](C)C(=O)NCCCCCCc2ccc(F)cc2)cc1. The molecule has 0 radical (unpaired) electrons. The van der Waals surface area contributed by atoms with Gasteiger partial charge >= 0.3 is 0 Å². The Hall–Kier alpha value is -3.85. The fraction of sp³-hybridized carbons (Fsp3) is 0.344. The second-order valence-electron chi connectivity index (χ2n) is 10.2.